The first kappa shape index (κ1) is 24.4. The summed E-state index contributed by atoms with van der Waals surface area (Å²) in [5.74, 6) is 1.99. The molecule has 0 aromatic heterocycles. The first-order valence-corrected chi connectivity index (χ1v) is 11.5. The van der Waals surface area contributed by atoms with E-state index >= 15 is 0 Å². The molecule has 164 valence electrons. The molecular weight excluding hydrogens is 499 g/mol. The molecule has 0 unspecified atom stereocenters. The van der Waals surface area contributed by atoms with Crippen molar-refractivity contribution in [2.75, 3.05) is 70.7 Å². The third kappa shape index (κ3) is 6.30. The monoisotopic (exact) mass is 534 g/mol. The van der Waals surface area contributed by atoms with Gasteiger partial charge in [0, 0.05) is 50.7 Å². The predicted octanol–water partition coefficient (Wildman–Crippen LogP) is 3.31. The maximum atomic E-state index is 5.57. The number of methoxy groups -OCH3 is 1. The van der Waals surface area contributed by atoms with E-state index in [1.807, 2.05) is 23.9 Å². The van der Waals surface area contributed by atoms with Crippen molar-refractivity contribution in [3.8, 4) is 5.75 Å². The summed E-state index contributed by atoms with van der Waals surface area (Å²) in [7, 11) is 1.74. The molecule has 2 heterocycles. The summed E-state index contributed by atoms with van der Waals surface area (Å²) in [6.45, 7) is 9.43. The molecule has 2 saturated heterocycles. The fraction of sp³-hybridized carbons (Fsp3) is 0.667. The quantitative estimate of drug-likeness (QED) is 0.344. The smallest absolute Gasteiger partial charge is 0.194 e. The molecule has 0 bridgehead atoms. The molecule has 0 radical (unpaired) electrons. The third-order valence-corrected chi connectivity index (χ3v) is 7.10. The van der Waals surface area contributed by atoms with Gasteiger partial charge >= 0.3 is 0 Å². The Labute approximate surface area is 196 Å². The van der Waals surface area contributed by atoms with Gasteiger partial charge in [-0.25, -0.2) is 0 Å². The number of hydrogen-bond acceptors (Lipinski definition) is 5. The minimum atomic E-state index is 0. The lowest BCUT2D eigenvalue weighted by molar-refractivity contribution is 0.0793. The van der Waals surface area contributed by atoms with Crippen molar-refractivity contribution in [1.82, 2.24) is 10.2 Å². The zero-order valence-electron chi connectivity index (χ0n) is 17.9. The summed E-state index contributed by atoms with van der Waals surface area (Å²) in [5.41, 5.74) is 1.18. The van der Waals surface area contributed by atoms with E-state index in [1.165, 1.54) is 5.69 Å². The highest BCUT2D eigenvalue weighted by Crippen LogP contribution is 2.34. The molecule has 3 rings (SSSR count). The highest BCUT2D eigenvalue weighted by atomic mass is 127. The standard InChI is InChI=1S/C21H34N4O2S.HI/c1-4-22-20(23-17-21(28-3)9-15-27-16-10-21)25-13-11-24(12-14-25)18-7-5-6-8-19(18)26-2;/h5-8H,4,9-17H2,1-3H3,(H,22,23);1H. The van der Waals surface area contributed by atoms with Crippen LogP contribution in [0.15, 0.2) is 29.3 Å². The third-order valence-electron chi connectivity index (χ3n) is 5.69. The van der Waals surface area contributed by atoms with Crippen molar-refractivity contribution in [1.29, 1.82) is 0 Å². The Bertz CT molecular complexity index is 647. The van der Waals surface area contributed by atoms with Gasteiger partial charge in [0.25, 0.3) is 0 Å². The van der Waals surface area contributed by atoms with Crippen molar-refractivity contribution in [2.45, 2.75) is 24.5 Å². The molecule has 1 aromatic rings. The van der Waals surface area contributed by atoms with Crippen LogP contribution in [0.25, 0.3) is 0 Å². The molecule has 8 heteroatoms. The number of nitrogens with zero attached hydrogens (tertiary/aromatic N) is 3. The number of guanidine groups is 1. The maximum absolute atomic E-state index is 5.57. The van der Waals surface area contributed by atoms with Gasteiger partial charge in [-0.3, -0.25) is 4.99 Å². The second kappa shape index (κ2) is 12.1. The highest BCUT2D eigenvalue weighted by molar-refractivity contribution is 14.0. The zero-order chi connectivity index (χ0) is 19.8. The summed E-state index contributed by atoms with van der Waals surface area (Å²) in [6, 6.07) is 8.27. The van der Waals surface area contributed by atoms with Crippen LogP contribution in [0.3, 0.4) is 0 Å². The molecule has 2 aliphatic heterocycles. The molecule has 0 amide bonds. The molecule has 0 atom stereocenters. The van der Waals surface area contributed by atoms with Gasteiger partial charge in [0.2, 0.25) is 0 Å². The zero-order valence-corrected chi connectivity index (χ0v) is 21.0. The van der Waals surface area contributed by atoms with Crippen LogP contribution in [0.5, 0.6) is 5.75 Å². The molecule has 2 aliphatic rings. The Morgan fingerprint density at radius 2 is 1.90 bits per heavy atom. The number of aliphatic imine (C=N–C) groups is 1. The van der Waals surface area contributed by atoms with Gasteiger partial charge in [0.05, 0.1) is 19.3 Å². The van der Waals surface area contributed by atoms with E-state index in [9.17, 15) is 0 Å². The van der Waals surface area contributed by atoms with E-state index < -0.39 is 0 Å². The number of rotatable bonds is 6. The molecule has 0 saturated carbocycles. The number of nitrogens with one attached hydrogen (secondary N) is 1. The topological polar surface area (TPSA) is 49.3 Å². The van der Waals surface area contributed by atoms with E-state index in [0.717, 1.165) is 77.0 Å². The lowest BCUT2D eigenvalue weighted by Gasteiger charge is -2.39. The van der Waals surface area contributed by atoms with Gasteiger partial charge in [0.15, 0.2) is 5.96 Å². The summed E-state index contributed by atoms with van der Waals surface area (Å²) in [5, 5.41) is 3.50. The summed E-state index contributed by atoms with van der Waals surface area (Å²) in [4.78, 5) is 9.84. The van der Waals surface area contributed by atoms with Gasteiger partial charge in [0.1, 0.15) is 5.75 Å². The number of ether oxygens (including phenoxy) is 2. The minimum Gasteiger partial charge on any atom is -0.495 e. The van der Waals surface area contributed by atoms with Crippen LogP contribution in [0.4, 0.5) is 5.69 Å². The summed E-state index contributed by atoms with van der Waals surface area (Å²) >= 11 is 1.95. The first-order valence-electron chi connectivity index (χ1n) is 10.3. The molecule has 29 heavy (non-hydrogen) atoms. The van der Waals surface area contributed by atoms with E-state index in [4.69, 9.17) is 14.5 Å². The van der Waals surface area contributed by atoms with Crippen molar-refractivity contribution >= 4 is 47.4 Å². The second-order valence-corrected chi connectivity index (χ2v) is 8.59. The molecule has 2 fully saturated rings. The van der Waals surface area contributed by atoms with Gasteiger partial charge in [-0.15, -0.1) is 24.0 Å². The van der Waals surface area contributed by atoms with Crippen LogP contribution in [0.1, 0.15) is 19.8 Å². The average Bonchev–Trinajstić information content (AvgIpc) is 2.77. The molecule has 0 aliphatic carbocycles. The Hall–Kier alpha value is -0.870. The van der Waals surface area contributed by atoms with Gasteiger partial charge in [-0.05, 0) is 38.2 Å². The molecular formula is C21H35IN4O2S. The average molecular weight is 535 g/mol. The SMILES string of the molecule is CCNC(=NCC1(SC)CCOCC1)N1CCN(c2ccccc2OC)CC1.I. The summed E-state index contributed by atoms with van der Waals surface area (Å²) in [6.07, 6.45) is 4.37. The molecule has 0 spiro atoms. The van der Waals surface area contributed by atoms with E-state index in [0.29, 0.717) is 0 Å². The maximum Gasteiger partial charge on any atom is 0.194 e. The van der Waals surface area contributed by atoms with Gasteiger partial charge in [-0.1, -0.05) is 12.1 Å². The predicted molar refractivity (Wildman–Crippen MR) is 134 cm³/mol. The number of benzene rings is 1. The number of halogens is 1. The van der Waals surface area contributed by atoms with Crippen LogP contribution in [-0.2, 0) is 4.74 Å². The van der Waals surface area contributed by atoms with Crippen LogP contribution in [0, 0.1) is 0 Å². The van der Waals surface area contributed by atoms with Crippen molar-refractivity contribution in [2.24, 2.45) is 4.99 Å². The largest absolute Gasteiger partial charge is 0.495 e. The number of anilines is 1. The Morgan fingerprint density at radius 1 is 1.21 bits per heavy atom. The number of piperazine rings is 1. The Balaban J connectivity index is 0.00000300. The number of para-hydroxylation sites is 2. The molecule has 1 aromatic carbocycles. The van der Waals surface area contributed by atoms with E-state index in [2.05, 4.69) is 40.4 Å². The first-order chi connectivity index (χ1) is 13.7. The van der Waals surface area contributed by atoms with Crippen LogP contribution >= 0.6 is 35.7 Å². The normalized spacial score (nSPS) is 19.5. The summed E-state index contributed by atoms with van der Waals surface area (Å²) < 4.78 is 11.3. The number of thioether (sulfide) groups is 1. The van der Waals surface area contributed by atoms with Crippen molar-refractivity contribution < 1.29 is 9.47 Å². The second-order valence-electron chi connectivity index (χ2n) is 7.32. The van der Waals surface area contributed by atoms with Crippen LogP contribution < -0.4 is 15.0 Å². The van der Waals surface area contributed by atoms with Crippen molar-refractivity contribution in [3.05, 3.63) is 24.3 Å². The highest BCUT2D eigenvalue weighted by Gasteiger charge is 2.32. The Kier molecular flexibility index (Phi) is 10.2. The fourth-order valence-corrected chi connectivity index (χ4v) is 4.63. The minimum absolute atomic E-state index is 0. The molecule has 1 N–H and O–H groups in total. The Morgan fingerprint density at radius 3 is 2.52 bits per heavy atom. The van der Waals surface area contributed by atoms with Gasteiger partial charge in [-0.2, -0.15) is 11.8 Å². The van der Waals surface area contributed by atoms with Crippen molar-refractivity contribution in [3.63, 3.8) is 0 Å². The van der Waals surface area contributed by atoms with E-state index in [-0.39, 0.29) is 28.7 Å². The van der Waals surface area contributed by atoms with Gasteiger partial charge < -0.3 is 24.6 Å². The lowest BCUT2D eigenvalue weighted by atomic mass is 9.99. The van der Waals surface area contributed by atoms with Crippen LogP contribution in [0.2, 0.25) is 0 Å². The van der Waals surface area contributed by atoms with Crippen LogP contribution in [-0.4, -0.2) is 81.5 Å². The van der Waals surface area contributed by atoms with E-state index in [1.54, 1.807) is 7.11 Å². The number of hydrogen-bond donors (Lipinski definition) is 1. The fourth-order valence-electron chi connectivity index (χ4n) is 3.87. The lowest BCUT2D eigenvalue weighted by Crippen LogP contribution is -2.53. The molecule has 6 nitrogen and oxygen atoms in total.